The minimum atomic E-state index is -1.36. The van der Waals surface area contributed by atoms with Gasteiger partial charge < -0.3 is 29.2 Å². The lowest BCUT2D eigenvalue weighted by atomic mass is 9.72. The number of fused-ring (bicyclic) bond motifs is 1. The molecular weight excluding hydrogens is 401 g/mol. The summed E-state index contributed by atoms with van der Waals surface area (Å²) >= 11 is 1.36. The Bertz CT molecular complexity index is 772. The number of amides is 1. The maximum absolute atomic E-state index is 12.6. The van der Waals surface area contributed by atoms with Crippen LogP contribution in [0.2, 0.25) is 0 Å². The van der Waals surface area contributed by atoms with Crippen LogP contribution in [0.15, 0.2) is 12.1 Å². The van der Waals surface area contributed by atoms with Crippen LogP contribution in [0.4, 0.5) is 0 Å². The number of benzene rings is 1. The van der Waals surface area contributed by atoms with Gasteiger partial charge in [-0.15, -0.1) is 0 Å². The Morgan fingerprint density at radius 2 is 2.07 bits per heavy atom. The molecule has 2 N–H and O–H groups in total. The van der Waals surface area contributed by atoms with E-state index in [-0.39, 0.29) is 41.1 Å². The number of esters is 2. The fraction of sp³-hybridized carbons (Fsp3) is 0.500. The lowest BCUT2D eigenvalue weighted by molar-refractivity contribution is -0.155. The van der Waals surface area contributed by atoms with Crippen molar-refractivity contribution in [1.82, 2.24) is 5.32 Å². The van der Waals surface area contributed by atoms with Crippen molar-refractivity contribution in [2.45, 2.75) is 26.2 Å². The number of nitrogens with one attached hydrogen (secondary N) is 1. The van der Waals surface area contributed by atoms with Crippen molar-refractivity contribution in [3.8, 4) is 11.5 Å². The molecule has 1 aromatic rings. The van der Waals surface area contributed by atoms with Crippen molar-refractivity contribution in [1.29, 1.82) is 0 Å². The highest BCUT2D eigenvalue weighted by atomic mass is 32.2. The average molecular weight is 425 g/mol. The zero-order valence-corrected chi connectivity index (χ0v) is 17.5. The molecule has 0 saturated heterocycles. The SMILES string of the molecule is COc1ccc2c(c1C(=O)OCOC(=O)C(C)C)OB(O)C(NC(=O)CSC)C2. The molecular formula is C18H24BNO8S. The highest BCUT2D eigenvalue weighted by Crippen LogP contribution is 2.36. The highest BCUT2D eigenvalue weighted by Gasteiger charge is 2.39. The predicted octanol–water partition coefficient (Wildman–Crippen LogP) is 0.811. The number of carbonyl (C=O) groups is 3. The van der Waals surface area contributed by atoms with Crippen molar-refractivity contribution in [3.63, 3.8) is 0 Å². The van der Waals surface area contributed by atoms with Crippen LogP contribution in [-0.2, 0) is 25.5 Å². The summed E-state index contributed by atoms with van der Waals surface area (Å²) in [6.45, 7) is 2.76. The molecule has 0 bridgehead atoms. The standard InChI is InChI=1S/C18H24BNO8S/c1-10(2)17(22)26-9-27-18(23)15-12(25-3)6-5-11-7-13(19(24)28-16(11)15)20-14(21)8-29-4/h5-6,10,13,24H,7-9H2,1-4H3,(H,20,21). The van der Waals surface area contributed by atoms with Gasteiger partial charge in [-0.05, 0) is 24.3 Å². The first-order valence-corrected chi connectivity index (χ1v) is 10.3. The van der Waals surface area contributed by atoms with Gasteiger partial charge in [0, 0.05) is 0 Å². The molecule has 0 fully saturated rings. The number of thioether (sulfide) groups is 1. The summed E-state index contributed by atoms with van der Waals surface area (Å²) in [5, 5.41) is 13.0. The van der Waals surface area contributed by atoms with Crippen LogP contribution < -0.4 is 14.7 Å². The zero-order valence-electron chi connectivity index (χ0n) is 16.7. The molecule has 0 saturated carbocycles. The maximum atomic E-state index is 12.6. The summed E-state index contributed by atoms with van der Waals surface area (Å²) in [5.41, 5.74) is 0.565. The summed E-state index contributed by atoms with van der Waals surface area (Å²) < 4.78 is 20.6. The first-order valence-electron chi connectivity index (χ1n) is 8.95. The summed E-state index contributed by atoms with van der Waals surface area (Å²) in [7, 11) is 0.0212. The van der Waals surface area contributed by atoms with Gasteiger partial charge in [-0.1, -0.05) is 19.9 Å². The lowest BCUT2D eigenvalue weighted by Gasteiger charge is -2.29. The third-order valence-corrected chi connectivity index (χ3v) is 4.68. The van der Waals surface area contributed by atoms with E-state index in [4.69, 9.17) is 18.9 Å². The van der Waals surface area contributed by atoms with E-state index in [0.29, 0.717) is 5.56 Å². The molecule has 1 atom stereocenters. The number of rotatable bonds is 8. The second-order valence-electron chi connectivity index (χ2n) is 6.62. The first kappa shape index (κ1) is 22.9. The van der Waals surface area contributed by atoms with E-state index in [2.05, 4.69) is 5.32 Å². The van der Waals surface area contributed by atoms with Gasteiger partial charge in [0.1, 0.15) is 17.1 Å². The fourth-order valence-corrected chi connectivity index (χ4v) is 3.03. The summed E-state index contributed by atoms with van der Waals surface area (Å²) in [6, 6.07) is 3.25. The largest absolute Gasteiger partial charge is 0.547 e. The van der Waals surface area contributed by atoms with Gasteiger partial charge in [-0.25, -0.2) is 4.79 Å². The summed E-state index contributed by atoms with van der Waals surface area (Å²) in [5.74, 6) is -2.04. The van der Waals surface area contributed by atoms with Crippen molar-refractivity contribution >= 4 is 36.7 Å². The lowest BCUT2D eigenvalue weighted by Crippen LogP contribution is -2.53. The minimum Gasteiger partial charge on any atom is -0.534 e. The Morgan fingerprint density at radius 1 is 1.34 bits per heavy atom. The van der Waals surface area contributed by atoms with Crippen LogP contribution >= 0.6 is 11.8 Å². The maximum Gasteiger partial charge on any atom is 0.547 e. The molecule has 0 aliphatic carbocycles. The Hall–Kier alpha value is -2.40. The van der Waals surface area contributed by atoms with Crippen molar-refractivity contribution in [2.75, 3.05) is 25.9 Å². The van der Waals surface area contributed by atoms with E-state index in [1.165, 1.54) is 18.9 Å². The molecule has 1 unspecified atom stereocenters. The molecule has 11 heteroatoms. The van der Waals surface area contributed by atoms with Gasteiger partial charge in [-0.3, -0.25) is 9.59 Å². The molecule has 2 rings (SSSR count). The molecule has 29 heavy (non-hydrogen) atoms. The molecule has 0 aromatic heterocycles. The van der Waals surface area contributed by atoms with E-state index >= 15 is 0 Å². The minimum absolute atomic E-state index is 0.0291. The number of methoxy groups -OCH3 is 1. The Kier molecular flexibility index (Phi) is 8.21. The normalized spacial score (nSPS) is 15.2. The van der Waals surface area contributed by atoms with Crippen LogP contribution in [0.1, 0.15) is 29.8 Å². The smallest absolute Gasteiger partial charge is 0.534 e. The molecule has 1 aliphatic rings. The first-order chi connectivity index (χ1) is 13.8. The molecule has 0 radical (unpaired) electrons. The van der Waals surface area contributed by atoms with Crippen LogP contribution in [0.3, 0.4) is 0 Å². The van der Waals surface area contributed by atoms with E-state index in [1.807, 2.05) is 0 Å². The summed E-state index contributed by atoms with van der Waals surface area (Å²) in [6.07, 6.45) is 2.05. The van der Waals surface area contributed by atoms with Crippen molar-refractivity contribution in [2.24, 2.45) is 5.92 Å². The van der Waals surface area contributed by atoms with Gasteiger partial charge in [-0.2, -0.15) is 11.8 Å². The Balaban J connectivity index is 2.19. The van der Waals surface area contributed by atoms with E-state index in [1.54, 1.807) is 32.2 Å². The van der Waals surface area contributed by atoms with Gasteiger partial charge in [0.15, 0.2) is 0 Å². The molecule has 158 valence electrons. The van der Waals surface area contributed by atoms with Crippen molar-refractivity contribution in [3.05, 3.63) is 23.3 Å². The van der Waals surface area contributed by atoms with Crippen LogP contribution in [0.5, 0.6) is 11.5 Å². The molecule has 1 amide bonds. The second-order valence-corrected chi connectivity index (χ2v) is 7.48. The number of hydrogen-bond donors (Lipinski definition) is 2. The monoisotopic (exact) mass is 425 g/mol. The molecule has 1 heterocycles. The molecule has 9 nitrogen and oxygen atoms in total. The van der Waals surface area contributed by atoms with Gasteiger partial charge in [0.2, 0.25) is 12.7 Å². The van der Waals surface area contributed by atoms with Crippen LogP contribution in [0, 0.1) is 5.92 Å². The molecule has 1 aliphatic heterocycles. The number of hydrogen-bond acceptors (Lipinski definition) is 9. The Morgan fingerprint density at radius 3 is 2.69 bits per heavy atom. The van der Waals surface area contributed by atoms with Crippen LogP contribution in [0.25, 0.3) is 0 Å². The Labute approximate surface area is 173 Å². The zero-order chi connectivity index (χ0) is 21.6. The van der Waals surface area contributed by atoms with E-state index < -0.39 is 31.8 Å². The van der Waals surface area contributed by atoms with Gasteiger partial charge >= 0.3 is 19.1 Å². The fourth-order valence-electron chi connectivity index (χ4n) is 2.69. The quantitative estimate of drug-likeness (QED) is 0.354. The van der Waals surface area contributed by atoms with Gasteiger partial charge in [0.25, 0.3) is 0 Å². The second kappa shape index (κ2) is 10.4. The van der Waals surface area contributed by atoms with Gasteiger partial charge in [0.05, 0.1) is 24.7 Å². The molecule has 0 spiro atoms. The molecule has 1 aromatic carbocycles. The highest BCUT2D eigenvalue weighted by molar-refractivity contribution is 7.99. The number of ether oxygens (including phenoxy) is 3. The number of carbonyl (C=O) groups excluding carboxylic acids is 3. The topological polar surface area (TPSA) is 120 Å². The summed E-state index contributed by atoms with van der Waals surface area (Å²) in [4.78, 5) is 35.9. The third kappa shape index (κ3) is 5.80. The van der Waals surface area contributed by atoms with E-state index in [0.717, 1.165) is 0 Å². The van der Waals surface area contributed by atoms with E-state index in [9.17, 15) is 19.4 Å². The third-order valence-electron chi connectivity index (χ3n) is 4.13. The predicted molar refractivity (Wildman–Crippen MR) is 107 cm³/mol. The van der Waals surface area contributed by atoms with Crippen molar-refractivity contribution < 1.29 is 38.3 Å². The average Bonchev–Trinajstić information content (AvgIpc) is 2.67. The van der Waals surface area contributed by atoms with Crippen LogP contribution in [-0.4, -0.2) is 61.8 Å².